The van der Waals surface area contributed by atoms with Gasteiger partial charge in [0.05, 0.1) is 12.3 Å². The largest absolute Gasteiger partial charge is 0.468 e. The molecule has 3 heteroatoms. The SMILES string of the molecule is CC(NC(C)c1cccs1)c1ccco1. The van der Waals surface area contributed by atoms with E-state index in [1.54, 1.807) is 17.6 Å². The van der Waals surface area contributed by atoms with Crippen LogP contribution in [0.3, 0.4) is 0 Å². The van der Waals surface area contributed by atoms with E-state index in [-0.39, 0.29) is 6.04 Å². The normalized spacial score (nSPS) is 15.1. The van der Waals surface area contributed by atoms with Crippen molar-refractivity contribution in [2.45, 2.75) is 25.9 Å². The minimum Gasteiger partial charge on any atom is -0.468 e. The lowest BCUT2D eigenvalue weighted by Gasteiger charge is -2.17. The predicted molar refractivity (Wildman–Crippen MR) is 63.0 cm³/mol. The average Bonchev–Trinajstić information content (AvgIpc) is 2.91. The lowest BCUT2D eigenvalue weighted by molar-refractivity contribution is 0.405. The fourth-order valence-electron chi connectivity index (χ4n) is 1.61. The molecule has 0 aliphatic rings. The van der Waals surface area contributed by atoms with Gasteiger partial charge in [0.2, 0.25) is 0 Å². The third-order valence-corrected chi connectivity index (χ3v) is 3.49. The van der Waals surface area contributed by atoms with Crippen molar-refractivity contribution in [1.82, 2.24) is 5.32 Å². The van der Waals surface area contributed by atoms with Crippen LogP contribution >= 0.6 is 11.3 Å². The van der Waals surface area contributed by atoms with Crippen LogP contribution in [0.5, 0.6) is 0 Å². The van der Waals surface area contributed by atoms with Crippen molar-refractivity contribution in [1.29, 1.82) is 0 Å². The first kappa shape index (κ1) is 10.5. The fourth-order valence-corrected chi connectivity index (χ4v) is 2.36. The topological polar surface area (TPSA) is 25.2 Å². The van der Waals surface area contributed by atoms with Crippen LogP contribution in [0.4, 0.5) is 0 Å². The maximum absolute atomic E-state index is 5.35. The summed E-state index contributed by atoms with van der Waals surface area (Å²) in [7, 11) is 0. The lowest BCUT2D eigenvalue weighted by Crippen LogP contribution is -2.21. The van der Waals surface area contributed by atoms with E-state index in [2.05, 4.69) is 36.7 Å². The predicted octanol–water partition coefficient (Wildman–Crippen LogP) is 3.75. The molecule has 0 fully saturated rings. The van der Waals surface area contributed by atoms with E-state index in [9.17, 15) is 0 Å². The molecule has 2 nitrogen and oxygen atoms in total. The van der Waals surface area contributed by atoms with Gasteiger partial charge in [-0.15, -0.1) is 11.3 Å². The highest BCUT2D eigenvalue weighted by atomic mass is 32.1. The Morgan fingerprint density at radius 1 is 1.20 bits per heavy atom. The highest BCUT2D eigenvalue weighted by Crippen LogP contribution is 2.22. The zero-order chi connectivity index (χ0) is 10.7. The molecule has 0 saturated heterocycles. The molecule has 2 atom stereocenters. The monoisotopic (exact) mass is 221 g/mol. The van der Waals surface area contributed by atoms with Crippen LogP contribution in [0.2, 0.25) is 0 Å². The molecule has 0 aliphatic carbocycles. The van der Waals surface area contributed by atoms with E-state index in [0.717, 1.165) is 5.76 Å². The van der Waals surface area contributed by atoms with Crippen molar-refractivity contribution < 1.29 is 4.42 Å². The molecule has 0 aliphatic heterocycles. The van der Waals surface area contributed by atoms with E-state index in [0.29, 0.717) is 6.04 Å². The summed E-state index contributed by atoms with van der Waals surface area (Å²) in [5.41, 5.74) is 0. The number of nitrogens with one attached hydrogen (secondary N) is 1. The lowest BCUT2D eigenvalue weighted by atomic mass is 10.2. The zero-order valence-electron chi connectivity index (χ0n) is 8.94. The summed E-state index contributed by atoms with van der Waals surface area (Å²) in [6, 6.07) is 8.76. The molecular weight excluding hydrogens is 206 g/mol. The van der Waals surface area contributed by atoms with Gasteiger partial charge in [-0.2, -0.15) is 0 Å². The second-order valence-electron chi connectivity index (χ2n) is 3.64. The molecule has 1 N–H and O–H groups in total. The Hall–Kier alpha value is -1.06. The van der Waals surface area contributed by atoms with Gasteiger partial charge in [-0.25, -0.2) is 0 Å². The Labute approximate surface area is 93.9 Å². The van der Waals surface area contributed by atoms with E-state index in [4.69, 9.17) is 4.42 Å². The number of furan rings is 1. The van der Waals surface area contributed by atoms with Gasteiger partial charge in [0.25, 0.3) is 0 Å². The van der Waals surface area contributed by atoms with Gasteiger partial charge in [0.1, 0.15) is 5.76 Å². The minimum atomic E-state index is 0.247. The second kappa shape index (κ2) is 4.64. The van der Waals surface area contributed by atoms with E-state index in [1.807, 2.05) is 12.1 Å². The molecule has 2 unspecified atom stereocenters. The first-order valence-corrected chi connectivity index (χ1v) is 5.98. The standard InChI is InChI=1S/C12H15NOS/c1-9(11-5-3-7-14-11)13-10(2)12-6-4-8-15-12/h3-10,13H,1-2H3. The quantitative estimate of drug-likeness (QED) is 0.850. The fraction of sp³-hybridized carbons (Fsp3) is 0.333. The van der Waals surface area contributed by atoms with Crippen molar-refractivity contribution in [2.75, 3.05) is 0 Å². The van der Waals surface area contributed by atoms with E-state index < -0.39 is 0 Å². The highest BCUT2D eigenvalue weighted by molar-refractivity contribution is 7.10. The van der Waals surface area contributed by atoms with Crippen LogP contribution in [0.1, 0.15) is 36.6 Å². The Kier molecular flexibility index (Phi) is 3.23. The molecule has 0 aromatic carbocycles. The molecule has 0 radical (unpaired) electrons. The van der Waals surface area contributed by atoms with E-state index >= 15 is 0 Å². The van der Waals surface area contributed by atoms with Gasteiger partial charge in [-0.1, -0.05) is 6.07 Å². The average molecular weight is 221 g/mol. The van der Waals surface area contributed by atoms with Crippen LogP contribution in [-0.2, 0) is 0 Å². The molecular formula is C12H15NOS. The first-order chi connectivity index (χ1) is 7.27. The third-order valence-electron chi connectivity index (χ3n) is 2.44. The summed E-state index contributed by atoms with van der Waals surface area (Å²) in [5, 5.41) is 5.60. The Morgan fingerprint density at radius 2 is 2.07 bits per heavy atom. The summed E-state index contributed by atoms with van der Waals surface area (Å²) in [5.74, 6) is 0.985. The van der Waals surface area contributed by atoms with E-state index in [1.165, 1.54) is 4.88 Å². The third kappa shape index (κ3) is 2.49. The summed E-state index contributed by atoms with van der Waals surface area (Å²) in [4.78, 5) is 1.36. The zero-order valence-corrected chi connectivity index (χ0v) is 9.75. The van der Waals surface area contributed by atoms with Crippen molar-refractivity contribution >= 4 is 11.3 Å². The Bertz CT molecular complexity index is 341. The highest BCUT2D eigenvalue weighted by Gasteiger charge is 2.13. The van der Waals surface area contributed by atoms with Crippen LogP contribution in [0, 0.1) is 0 Å². The van der Waals surface area contributed by atoms with Gasteiger partial charge in [0.15, 0.2) is 0 Å². The minimum absolute atomic E-state index is 0.247. The second-order valence-corrected chi connectivity index (χ2v) is 4.62. The molecule has 2 aromatic heterocycles. The Balaban J connectivity index is 1.98. The first-order valence-electron chi connectivity index (χ1n) is 5.10. The molecule has 0 amide bonds. The van der Waals surface area contributed by atoms with Gasteiger partial charge in [-0.3, -0.25) is 0 Å². The number of hydrogen-bond donors (Lipinski definition) is 1. The summed E-state index contributed by atoms with van der Waals surface area (Å²) in [6.45, 7) is 4.29. The van der Waals surface area contributed by atoms with Crippen LogP contribution in [-0.4, -0.2) is 0 Å². The maximum Gasteiger partial charge on any atom is 0.120 e. The van der Waals surface area contributed by atoms with Crippen LogP contribution in [0.15, 0.2) is 40.3 Å². The van der Waals surface area contributed by atoms with Gasteiger partial charge in [-0.05, 0) is 37.4 Å². The van der Waals surface area contributed by atoms with Crippen molar-refractivity contribution in [3.63, 3.8) is 0 Å². The van der Waals surface area contributed by atoms with Crippen molar-refractivity contribution in [3.8, 4) is 0 Å². The molecule has 2 rings (SSSR count). The molecule has 0 saturated carbocycles. The maximum atomic E-state index is 5.35. The van der Waals surface area contributed by atoms with Gasteiger partial charge < -0.3 is 9.73 Å². The van der Waals surface area contributed by atoms with Crippen LogP contribution < -0.4 is 5.32 Å². The summed E-state index contributed by atoms with van der Waals surface area (Å²) in [6.07, 6.45) is 1.71. The van der Waals surface area contributed by atoms with Crippen molar-refractivity contribution in [3.05, 3.63) is 46.5 Å². The molecule has 80 valence electrons. The van der Waals surface area contributed by atoms with Crippen LogP contribution in [0.25, 0.3) is 0 Å². The summed E-state index contributed by atoms with van der Waals surface area (Å²) >= 11 is 1.78. The molecule has 0 spiro atoms. The molecule has 2 aromatic rings. The number of rotatable bonds is 4. The van der Waals surface area contributed by atoms with Gasteiger partial charge in [0, 0.05) is 10.9 Å². The molecule has 15 heavy (non-hydrogen) atoms. The van der Waals surface area contributed by atoms with Crippen molar-refractivity contribution in [2.24, 2.45) is 0 Å². The van der Waals surface area contributed by atoms with Gasteiger partial charge >= 0.3 is 0 Å². The number of hydrogen-bond acceptors (Lipinski definition) is 3. The number of thiophene rings is 1. The summed E-state index contributed by atoms with van der Waals surface area (Å²) < 4.78 is 5.35. The smallest absolute Gasteiger partial charge is 0.120 e. The molecule has 0 bridgehead atoms. The Morgan fingerprint density at radius 3 is 2.67 bits per heavy atom. The molecule has 2 heterocycles.